The van der Waals surface area contributed by atoms with E-state index >= 15 is 0 Å². The number of nitrogens with zero attached hydrogens (tertiary/aromatic N) is 1. The fourth-order valence-electron chi connectivity index (χ4n) is 2.61. The molecule has 0 atom stereocenters. The highest BCUT2D eigenvalue weighted by Gasteiger charge is 2.14. The van der Waals surface area contributed by atoms with Crippen molar-refractivity contribution >= 4 is 46.7 Å². The standard InChI is InChI=1S/C23H14Cl3NO2/c24-18-10-8-15(9-11-18)23(28)17(13-27)12-16-4-1-2-7-22(16)29-14-19-20(25)5-3-6-21(19)26/h1-12H,14H2/b17-12-. The molecule has 0 fully saturated rings. The molecule has 0 radical (unpaired) electrons. The van der Waals surface area contributed by atoms with E-state index in [2.05, 4.69) is 0 Å². The molecule has 0 N–H and O–H groups in total. The second kappa shape index (κ2) is 9.62. The van der Waals surface area contributed by atoms with Crippen LogP contribution in [0.15, 0.2) is 72.3 Å². The number of carbonyl (C=O) groups is 1. The van der Waals surface area contributed by atoms with Gasteiger partial charge in [0.2, 0.25) is 5.78 Å². The summed E-state index contributed by atoms with van der Waals surface area (Å²) in [5.41, 5.74) is 1.62. The number of benzene rings is 3. The van der Waals surface area contributed by atoms with E-state index in [0.717, 1.165) is 0 Å². The molecule has 0 aliphatic carbocycles. The highest BCUT2D eigenvalue weighted by Crippen LogP contribution is 2.28. The van der Waals surface area contributed by atoms with Crippen LogP contribution in [-0.4, -0.2) is 5.78 Å². The van der Waals surface area contributed by atoms with Crippen LogP contribution in [0.2, 0.25) is 15.1 Å². The molecule has 3 nitrogen and oxygen atoms in total. The van der Waals surface area contributed by atoms with E-state index in [4.69, 9.17) is 39.5 Å². The van der Waals surface area contributed by atoms with Gasteiger partial charge in [0.1, 0.15) is 24.0 Å². The topological polar surface area (TPSA) is 50.1 Å². The Morgan fingerprint density at radius 2 is 1.59 bits per heavy atom. The van der Waals surface area contributed by atoms with Crippen LogP contribution >= 0.6 is 34.8 Å². The third kappa shape index (κ3) is 5.19. The third-order valence-corrected chi connectivity index (χ3v) is 5.08. The molecule has 0 amide bonds. The first-order valence-corrected chi connectivity index (χ1v) is 9.70. The minimum absolute atomic E-state index is 0.0147. The van der Waals surface area contributed by atoms with Gasteiger partial charge in [-0.3, -0.25) is 4.79 Å². The lowest BCUT2D eigenvalue weighted by Crippen LogP contribution is -2.02. The van der Waals surface area contributed by atoms with E-state index in [1.807, 2.05) is 6.07 Å². The maximum atomic E-state index is 12.7. The Morgan fingerprint density at radius 3 is 2.24 bits per heavy atom. The zero-order valence-electron chi connectivity index (χ0n) is 15.0. The summed E-state index contributed by atoms with van der Waals surface area (Å²) in [5, 5.41) is 11.0. The molecular weight excluding hydrogens is 429 g/mol. The van der Waals surface area contributed by atoms with Crippen LogP contribution in [0.1, 0.15) is 21.5 Å². The van der Waals surface area contributed by atoms with E-state index in [0.29, 0.717) is 37.5 Å². The summed E-state index contributed by atoms with van der Waals surface area (Å²) in [7, 11) is 0. The van der Waals surface area contributed by atoms with Crippen molar-refractivity contribution in [1.82, 2.24) is 0 Å². The van der Waals surface area contributed by atoms with Crippen LogP contribution in [0.3, 0.4) is 0 Å². The predicted octanol–water partition coefficient (Wildman–Crippen LogP) is 7.02. The van der Waals surface area contributed by atoms with Gasteiger partial charge in [-0.05, 0) is 48.5 Å². The Labute approximate surface area is 183 Å². The number of hydrogen-bond donors (Lipinski definition) is 0. The first kappa shape index (κ1) is 21.0. The minimum Gasteiger partial charge on any atom is -0.488 e. The minimum atomic E-state index is -0.395. The van der Waals surface area contributed by atoms with Crippen molar-refractivity contribution in [1.29, 1.82) is 5.26 Å². The molecule has 6 heteroatoms. The number of nitriles is 1. The van der Waals surface area contributed by atoms with Crippen molar-refractivity contribution in [2.24, 2.45) is 0 Å². The largest absolute Gasteiger partial charge is 0.488 e. The Balaban J connectivity index is 1.88. The van der Waals surface area contributed by atoms with Crippen LogP contribution in [0, 0.1) is 11.3 Å². The summed E-state index contributed by atoms with van der Waals surface area (Å²) in [6.07, 6.45) is 1.50. The van der Waals surface area contributed by atoms with Crippen LogP contribution in [0.25, 0.3) is 6.08 Å². The second-order valence-electron chi connectivity index (χ2n) is 6.03. The van der Waals surface area contributed by atoms with Crippen LogP contribution < -0.4 is 4.74 Å². The average molecular weight is 443 g/mol. The first-order valence-electron chi connectivity index (χ1n) is 8.56. The molecule has 0 aromatic heterocycles. The fraction of sp³-hybridized carbons (Fsp3) is 0.0435. The number of ether oxygens (including phenoxy) is 1. The molecule has 0 saturated heterocycles. The average Bonchev–Trinajstić information content (AvgIpc) is 2.72. The third-order valence-electron chi connectivity index (χ3n) is 4.12. The lowest BCUT2D eigenvalue weighted by molar-refractivity contribution is 0.104. The number of halogens is 3. The van der Waals surface area contributed by atoms with Crippen molar-refractivity contribution in [3.05, 3.63) is 104 Å². The maximum absolute atomic E-state index is 12.7. The van der Waals surface area contributed by atoms with Gasteiger partial charge in [-0.1, -0.05) is 59.1 Å². The number of carbonyl (C=O) groups excluding carboxylic acids is 1. The van der Waals surface area contributed by atoms with Crippen molar-refractivity contribution in [2.75, 3.05) is 0 Å². The van der Waals surface area contributed by atoms with Gasteiger partial charge in [0.05, 0.1) is 0 Å². The molecule has 3 rings (SSSR count). The lowest BCUT2D eigenvalue weighted by Gasteiger charge is -2.12. The molecule has 0 spiro atoms. The molecule has 3 aromatic carbocycles. The van der Waals surface area contributed by atoms with E-state index in [-0.39, 0.29) is 12.2 Å². The molecule has 0 bridgehead atoms. The van der Waals surface area contributed by atoms with Crippen molar-refractivity contribution in [2.45, 2.75) is 6.61 Å². The Hall–Kier alpha value is -2.77. The van der Waals surface area contributed by atoms with Gasteiger partial charge in [-0.15, -0.1) is 0 Å². The van der Waals surface area contributed by atoms with Crippen LogP contribution in [-0.2, 0) is 6.61 Å². The molecule has 0 heterocycles. The molecule has 0 saturated carbocycles. The van der Waals surface area contributed by atoms with E-state index in [9.17, 15) is 10.1 Å². The van der Waals surface area contributed by atoms with Crippen molar-refractivity contribution < 1.29 is 9.53 Å². The predicted molar refractivity (Wildman–Crippen MR) is 117 cm³/mol. The molecule has 0 aliphatic heterocycles. The van der Waals surface area contributed by atoms with Crippen LogP contribution in [0.5, 0.6) is 5.75 Å². The molecule has 3 aromatic rings. The maximum Gasteiger partial charge on any atom is 0.203 e. The molecule has 144 valence electrons. The zero-order valence-corrected chi connectivity index (χ0v) is 17.3. The quantitative estimate of drug-likeness (QED) is 0.234. The number of para-hydroxylation sites is 1. The van der Waals surface area contributed by atoms with Crippen molar-refractivity contribution in [3.8, 4) is 11.8 Å². The van der Waals surface area contributed by atoms with Crippen LogP contribution in [0.4, 0.5) is 0 Å². The summed E-state index contributed by atoms with van der Waals surface area (Å²) >= 11 is 18.2. The Morgan fingerprint density at radius 1 is 0.931 bits per heavy atom. The smallest absolute Gasteiger partial charge is 0.203 e. The van der Waals surface area contributed by atoms with Gasteiger partial charge in [0.25, 0.3) is 0 Å². The highest BCUT2D eigenvalue weighted by atomic mass is 35.5. The fourth-order valence-corrected chi connectivity index (χ4v) is 3.24. The van der Waals surface area contributed by atoms with Gasteiger partial charge in [0.15, 0.2) is 0 Å². The number of Topliss-reactive ketones (excluding diaryl/α,β-unsaturated/α-hetero) is 1. The summed E-state index contributed by atoms with van der Waals surface area (Å²) < 4.78 is 5.88. The Bertz CT molecular complexity index is 1100. The normalized spacial score (nSPS) is 11.0. The zero-order chi connectivity index (χ0) is 20.8. The van der Waals surface area contributed by atoms with E-state index in [1.165, 1.54) is 6.08 Å². The molecule has 0 aliphatic rings. The highest BCUT2D eigenvalue weighted by molar-refractivity contribution is 6.36. The molecule has 29 heavy (non-hydrogen) atoms. The summed E-state index contributed by atoms with van der Waals surface area (Å²) in [5.74, 6) is 0.105. The van der Waals surface area contributed by atoms with Gasteiger partial charge in [-0.25, -0.2) is 0 Å². The van der Waals surface area contributed by atoms with E-state index < -0.39 is 5.78 Å². The number of hydrogen-bond acceptors (Lipinski definition) is 3. The van der Waals surface area contributed by atoms with Gasteiger partial charge >= 0.3 is 0 Å². The Kier molecular flexibility index (Phi) is 6.95. The number of allylic oxidation sites excluding steroid dienone is 1. The summed E-state index contributed by atoms with van der Waals surface area (Å²) in [4.78, 5) is 12.7. The summed E-state index contributed by atoms with van der Waals surface area (Å²) in [6, 6.07) is 20.7. The van der Waals surface area contributed by atoms with Gasteiger partial charge < -0.3 is 4.74 Å². The van der Waals surface area contributed by atoms with Gasteiger partial charge in [-0.2, -0.15) is 5.26 Å². The van der Waals surface area contributed by atoms with E-state index in [1.54, 1.807) is 66.7 Å². The molecular formula is C23H14Cl3NO2. The summed E-state index contributed by atoms with van der Waals surface area (Å²) in [6.45, 7) is 0.149. The van der Waals surface area contributed by atoms with Crippen molar-refractivity contribution in [3.63, 3.8) is 0 Å². The lowest BCUT2D eigenvalue weighted by atomic mass is 10.0. The number of rotatable bonds is 6. The molecule has 0 unspecified atom stereocenters. The first-order chi connectivity index (χ1) is 14.0. The second-order valence-corrected chi connectivity index (χ2v) is 7.28. The SMILES string of the molecule is N#C/C(=C/c1ccccc1OCc1c(Cl)cccc1Cl)C(=O)c1ccc(Cl)cc1. The number of ketones is 1. The monoisotopic (exact) mass is 441 g/mol. The van der Waals surface area contributed by atoms with Gasteiger partial charge in [0, 0.05) is 31.8 Å².